The number of hydrogen-bond donors (Lipinski definition) is 4. The fraction of sp³-hybridized carbons (Fsp3) is 0.600. The molecule has 0 amide bonds. The average Bonchev–Trinajstić information content (AvgIpc) is 2.02. The number of rotatable bonds is 4. The number of aliphatic hydroxyl groups is 1. The summed E-state index contributed by atoms with van der Waals surface area (Å²) in [5.74, 6) is -1.26. The van der Waals surface area contributed by atoms with Crippen LogP contribution in [0.5, 0.6) is 0 Å². The molecule has 4 N–H and O–H groups in total. The van der Waals surface area contributed by atoms with Gasteiger partial charge < -0.3 is 20.0 Å². The molecular weight excluding hydrogens is 217 g/mol. The zero-order chi connectivity index (χ0) is 11.1. The van der Waals surface area contributed by atoms with E-state index >= 15 is 0 Å². The monoisotopic (exact) mass is 230 g/mol. The van der Waals surface area contributed by atoms with Gasteiger partial charge in [0.05, 0.1) is 6.42 Å². The first-order chi connectivity index (χ1) is 5.84. The second-order valence-electron chi connectivity index (χ2n) is 1.83. The summed E-state index contributed by atoms with van der Waals surface area (Å²) in [5, 5.41) is 15.0. The van der Waals surface area contributed by atoms with Crippen molar-refractivity contribution in [3.05, 3.63) is 0 Å². The predicted molar refractivity (Wildman–Crippen MR) is 56.4 cm³/mol. The Morgan fingerprint density at radius 2 is 1.40 bits per heavy atom. The molecule has 0 aliphatic heterocycles. The number of carbonyl (C=O) groups is 2. The Hall–Kier alpha value is 0.445. The summed E-state index contributed by atoms with van der Waals surface area (Å²) in [7, 11) is -3.72. The molecule has 10 heteroatoms. The summed E-state index contributed by atoms with van der Waals surface area (Å²) in [6.45, 7) is 0. The van der Waals surface area contributed by atoms with Crippen molar-refractivity contribution in [3.63, 3.8) is 0 Å². The Morgan fingerprint density at radius 3 is 1.60 bits per heavy atom. The molecule has 0 fully saturated rings. The van der Waals surface area contributed by atoms with Gasteiger partial charge in [-0.3, -0.25) is 14.2 Å². The van der Waals surface area contributed by atoms with E-state index in [0.717, 1.165) is 7.11 Å². The number of carboxylic acids is 1. The zero-order valence-corrected chi connectivity index (χ0v) is 7.77. The Balaban J connectivity index is -0.000000142. The maximum absolute atomic E-state index is 10.3. The molecule has 0 aliphatic rings. The molecule has 0 aromatic heterocycles. The predicted octanol–water partition coefficient (Wildman–Crippen LogP) is -2.13. The number of hydrogen-bond acceptors (Lipinski definition) is 4. The topological polar surface area (TPSA) is 132 Å². The minimum absolute atomic E-state index is 0. The fourth-order valence-electron chi connectivity index (χ4n) is 0.360. The molecule has 82 valence electrons. The van der Waals surface area contributed by atoms with Crippen molar-refractivity contribution >= 4 is 56.8 Å². The maximum atomic E-state index is 10.3. The van der Waals surface area contributed by atoms with E-state index in [2.05, 4.69) is 0 Å². The van der Waals surface area contributed by atoms with E-state index < -0.39 is 31.9 Å². The summed E-state index contributed by atoms with van der Waals surface area (Å²) in [6, 6.07) is 0. The van der Waals surface area contributed by atoms with Gasteiger partial charge in [0.2, 0.25) is 5.52 Å². The van der Waals surface area contributed by atoms with Crippen LogP contribution in [-0.4, -0.2) is 76.3 Å². The van der Waals surface area contributed by atoms with Crippen LogP contribution in [-0.2, 0) is 14.2 Å². The van der Waals surface area contributed by atoms with Crippen molar-refractivity contribution in [2.45, 2.75) is 12.8 Å². The summed E-state index contributed by atoms with van der Waals surface area (Å²) >= 11 is 0. The van der Waals surface area contributed by atoms with E-state index in [1.54, 1.807) is 0 Å². The van der Waals surface area contributed by atoms with Crippen LogP contribution >= 0.6 is 7.60 Å². The van der Waals surface area contributed by atoms with E-state index in [9.17, 15) is 14.2 Å². The minimum atomic E-state index is -4.72. The van der Waals surface area contributed by atoms with Crippen LogP contribution in [0.1, 0.15) is 12.8 Å². The molecule has 0 atom stereocenters. The number of carboxylic acid groups (broad SMARTS) is 1. The Kier molecular flexibility index (Phi) is 20.5. The molecular formula is C5H13Li2O7P. The normalized spacial score (nSPS) is 8.53. The molecule has 0 rings (SSSR count). The van der Waals surface area contributed by atoms with E-state index in [1.807, 2.05) is 0 Å². The van der Waals surface area contributed by atoms with Gasteiger partial charge in [0.1, 0.15) is 0 Å². The van der Waals surface area contributed by atoms with Gasteiger partial charge >= 0.3 is 51.3 Å². The van der Waals surface area contributed by atoms with Crippen molar-refractivity contribution in [3.8, 4) is 0 Å². The molecule has 0 radical (unpaired) electrons. The molecule has 0 bridgehead atoms. The van der Waals surface area contributed by atoms with Gasteiger partial charge in [0, 0.05) is 13.5 Å². The van der Waals surface area contributed by atoms with Gasteiger partial charge in [-0.05, 0) is 0 Å². The molecule has 0 saturated carbocycles. The van der Waals surface area contributed by atoms with E-state index in [1.165, 1.54) is 0 Å². The number of aliphatic carboxylic acids is 1. The summed E-state index contributed by atoms with van der Waals surface area (Å²) in [6.07, 6.45) is -1.18. The molecule has 15 heavy (non-hydrogen) atoms. The van der Waals surface area contributed by atoms with Crippen molar-refractivity contribution in [2.24, 2.45) is 0 Å². The van der Waals surface area contributed by atoms with Crippen molar-refractivity contribution in [1.82, 2.24) is 0 Å². The molecule has 0 unspecified atom stereocenters. The zero-order valence-electron chi connectivity index (χ0n) is 6.88. The first kappa shape index (κ1) is 24.6. The van der Waals surface area contributed by atoms with Gasteiger partial charge in [-0.1, -0.05) is 0 Å². The summed E-state index contributed by atoms with van der Waals surface area (Å²) in [5.41, 5.74) is -1.33. The van der Waals surface area contributed by atoms with E-state index in [4.69, 9.17) is 20.0 Å². The Bertz CT molecular complexity index is 225. The first-order valence-electron chi connectivity index (χ1n) is 3.09. The van der Waals surface area contributed by atoms with Crippen LogP contribution in [0.2, 0.25) is 0 Å². The molecule has 0 aliphatic carbocycles. The quantitative estimate of drug-likeness (QED) is 0.320. The van der Waals surface area contributed by atoms with Crippen LogP contribution in [0, 0.1) is 0 Å². The summed E-state index contributed by atoms with van der Waals surface area (Å²) in [4.78, 5) is 36.5. The van der Waals surface area contributed by atoms with Gasteiger partial charge in [-0.25, -0.2) is 0 Å². The second-order valence-corrected chi connectivity index (χ2v) is 3.42. The van der Waals surface area contributed by atoms with Gasteiger partial charge in [0.15, 0.2) is 0 Å². The van der Waals surface area contributed by atoms with Crippen LogP contribution in [0.3, 0.4) is 0 Å². The van der Waals surface area contributed by atoms with Gasteiger partial charge in [-0.2, -0.15) is 0 Å². The van der Waals surface area contributed by atoms with Gasteiger partial charge in [-0.15, -0.1) is 0 Å². The van der Waals surface area contributed by atoms with Crippen LogP contribution in [0.25, 0.3) is 0 Å². The van der Waals surface area contributed by atoms with Gasteiger partial charge in [0.25, 0.3) is 0 Å². The third kappa shape index (κ3) is 17.1. The molecule has 0 saturated heterocycles. The molecule has 0 heterocycles. The third-order valence-electron chi connectivity index (χ3n) is 0.878. The van der Waals surface area contributed by atoms with Crippen molar-refractivity contribution < 1.29 is 34.2 Å². The second kappa shape index (κ2) is 12.5. The van der Waals surface area contributed by atoms with Crippen molar-refractivity contribution in [2.75, 3.05) is 7.11 Å². The molecule has 0 aromatic carbocycles. The van der Waals surface area contributed by atoms with Crippen LogP contribution < -0.4 is 0 Å². The number of aliphatic hydroxyl groups excluding tert-OH is 1. The van der Waals surface area contributed by atoms with Crippen LogP contribution in [0.15, 0.2) is 0 Å². The third-order valence-corrected chi connectivity index (χ3v) is 1.75. The Labute approximate surface area is 111 Å². The van der Waals surface area contributed by atoms with E-state index in [0.29, 0.717) is 0 Å². The SMILES string of the molecule is CO.O=C(O)CCC(=O)P(=O)(O)O.[LiH].[LiH]. The number of carbonyl (C=O) groups excluding carboxylic acids is 1. The molecule has 7 nitrogen and oxygen atoms in total. The standard InChI is InChI=1S/C4H7O6P.CH4O.2Li.2H/c5-3(6)1-2-4(7)11(8,9)10;1-2;;;;/h1-2H2,(H,5,6)(H2,8,9,10);2H,1H3;;;;. The molecule has 0 aromatic rings. The van der Waals surface area contributed by atoms with Crippen LogP contribution in [0.4, 0.5) is 0 Å². The van der Waals surface area contributed by atoms with E-state index in [-0.39, 0.29) is 37.7 Å². The molecule has 0 spiro atoms. The van der Waals surface area contributed by atoms with Crippen molar-refractivity contribution in [1.29, 1.82) is 0 Å². The first-order valence-corrected chi connectivity index (χ1v) is 4.70. The fourth-order valence-corrected chi connectivity index (χ4v) is 0.763. The Morgan fingerprint density at radius 1 is 1.07 bits per heavy atom. The average molecular weight is 230 g/mol. The summed E-state index contributed by atoms with van der Waals surface area (Å²) < 4.78 is 10.1.